The molecule has 1 amide bonds. The Morgan fingerprint density at radius 1 is 1.22 bits per heavy atom. The number of hydrogen-bond donors (Lipinski definition) is 3. The third kappa shape index (κ3) is 3.85. The number of carbonyl (C=O) groups excluding carboxylic acids is 1. The van der Waals surface area contributed by atoms with Gasteiger partial charge in [0.05, 0.1) is 0 Å². The maximum Gasteiger partial charge on any atom is 0.422 e. The van der Waals surface area contributed by atoms with Crippen LogP contribution in [-0.2, 0) is 4.74 Å². The van der Waals surface area contributed by atoms with Crippen LogP contribution >= 0.6 is 0 Å². The van der Waals surface area contributed by atoms with Crippen molar-refractivity contribution in [2.45, 2.75) is 51.7 Å². The number of hydrazine groups is 1. The minimum Gasteiger partial charge on any atom is -0.443 e. The van der Waals surface area contributed by atoms with Crippen LogP contribution in [-0.4, -0.2) is 30.8 Å². The average Bonchev–Trinajstić information content (AvgIpc) is 2.71. The van der Waals surface area contributed by atoms with Crippen molar-refractivity contribution in [3.05, 3.63) is 0 Å². The van der Waals surface area contributed by atoms with Crippen LogP contribution in [0.3, 0.4) is 0 Å². The summed E-state index contributed by atoms with van der Waals surface area (Å²) >= 11 is 0. The predicted molar refractivity (Wildman–Crippen MR) is 70.0 cm³/mol. The molecular formula is C13H25N3O2. The predicted octanol–water partition coefficient (Wildman–Crippen LogP) is 1.40. The first-order chi connectivity index (χ1) is 8.44. The van der Waals surface area contributed by atoms with Crippen molar-refractivity contribution < 1.29 is 9.53 Å². The summed E-state index contributed by atoms with van der Waals surface area (Å²) in [6.07, 6.45) is 3.10. The van der Waals surface area contributed by atoms with E-state index in [-0.39, 0.29) is 0 Å². The van der Waals surface area contributed by atoms with Gasteiger partial charge in [0.15, 0.2) is 0 Å². The lowest BCUT2D eigenvalue weighted by Crippen LogP contribution is -2.48. The van der Waals surface area contributed by atoms with Crippen LogP contribution in [0, 0.1) is 11.8 Å². The molecule has 0 spiro atoms. The topological polar surface area (TPSA) is 62.4 Å². The molecule has 2 fully saturated rings. The molecule has 1 aliphatic heterocycles. The quantitative estimate of drug-likeness (QED) is 0.653. The Kier molecular flexibility index (Phi) is 4.12. The summed E-state index contributed by atoms with van der Waals surface area (Å²) in [6, 6.07) is 0.374. The summed E-state index contributed by atoms with van der Waals surface area (Å²) in [4.78, 5) is 11.5. The monoisotopic (exact) mass is 255 g/mol. The second kappa shape index (κ2) is 5.45. The molecule has 0 radical (unpaired) electrons. The van der Waals surface area contributed by atoms with Crippen molar-refractivity contribution in [3.63, 3.8) is 0 Å². The molecule has 1 heterocycles. The second-order valence-electron chi connectivity index (χ2n) is 6.46. The van der Waals surface area contributed by atoms with E-state index in [0.29, 0.717) is 6.04 Å². The molecule has 2 aliphatic rings. The van der Waals surface area contributed by atoms with Gasteiger partial charge in [0.2, 0.25) is 0 Å². The van der Waals surface area contributed by atoms with Crippen LogP contribution in [0.4, 0.5) is 4.79 Å². The first kappa shape index (κ1) is 13.6. The number of nitrogens with one attached hydrogen (secondary N) is 3. The normalized spacial score (nSPS) is 31.8. The van der Waals surface area contributed by atoms with Crippen LogP contribution in [0.15, 0.2) is 0 Å². The molecule has 104 valence electrons. The highest BCUT2D eigenvalue weighted by Gasteiger charge is 2.33. The maximum absolute atomic E-state index is 11.5. The fourth-order valence-corrected chi connectivity index (χ4v) is 2.90. The lowest BCUT2D eigenvalue weighted by molar-refractivity contribution is 0.0475. The number of ether oxygens (including phenoxy) is 1. The molecule has 1 saturated carbocycles. The lowest BCUT2D eigenvalue weighted by atomic mass is 9.79. The zero-order valence-corrected chi connectivity index (χ0v) is 11.6. The van der Waals surface area contributed by atoms with Gasteiger partial charge in [-0.3, -0.25) is 5.43 Å². The average molecular weight is 255 g/mol. The maximum atomic E-state index is 11.5. The van der Waals surface area contributed by atoms with Crippen LogP contribution < -0.4 is 16.2 Å². The molecule has 1 saturated heterocycles. The summed E-state index contributed by atoms with van der Waals surface area (Å²) in [7, 11) is 0. The summed E-state index contributed by atoms with van der Waals surface area (Å²) in [5.41, 5.74) is 5.32. The molecule has 0 aromatic heterocycles. The number of rotatable bonds is 2. The summed E-state index contributed by atoms with van der Waals surface area (Å²) in [5, 5.41) is 3.44. The summed E-state index contributed by atoms with van der Waals surface area (Å²) in [6.45, 7) is 7.87. The smallest absolute Gasteiger partial charge is 0.422 e. The van der Waals surface area contributed by atoms with Gasteiger partial charge in [-0.2, -0.15) is 0 Å². The first-order valence-corrected chi connectivity index (χ1v) is 6.89. The van der Waals surface area contributed by atoms with E-state index in [0.717, 1.165) is 37.8 Å². The van der Waals surface area contributed by atoms with Crippen molar-refractivity contribution in [1.82, 2.24) is 16.2 Å². The van der Waals surface area contributed by atoms with E-state index in [1.54, 1.807) is 0 Å². The van der Waals surface area contributed by atoms with Crippen molar-refractivity contribution >= 4 is 6.09 Å². The van der Waals surface area contributed by atoms with Gasteiger partial charge in [-0.25, -0.2) is 10.2 Å². The van der Waals surface area contributed by atoms with Crippen molar-refractivity contribution in [1.29, 1.82) is 0 Å². The Balaban J connectivity index is 1.69. The van der Waals surface area contributed by atoms with E-state index in [1.165, 1.54) is 6.42 Å². The zero-order valence-electron chi connectivity index (χ0n) is 11.6. The molecule has 0 aromatic carbocycles. The van der Waals surface area contributed by atoms with Crippen molar-refractivity contribution in [2.75, 3.05) is 13.1 Å². The molecule has 1 aliphatic carbocycles. The van der Waals surface area contributed by atoms with Gasteiger partial charge in [-0.1, -0.05) is 0 Å². The van der Waals surface area contributed by atoms with Gasteiger partial charge in [0.25, 0.3) is 0 Å². The standard InChI is InChI=1S/C13H25N3O2/c1-13(2,3)18-12(17)16-15-11-5-4-9-7-14-8-10(9)6-11/h9-11,14-15H,4-8H2,1-3H3,(H,16,17). The Bertz CT molecular complexity index is 301. The highest BCUT2D eigenvalue weighted by Crippen LogP contribution is 2.32. The van der Waals surface area contributed by atoms with Gasteiger partial charge in [0.1, 0.15) is 5.60 Å². The van der Waals surface area contributed by atoms with Gasteiger partial charge >= 0.3 is 6.09 Å². The van der Waals surface area contributed by atoms with Crippen LogP contribution in [0.5, 0.6) is 0 Å². The van der Waals surface area contributed by atoms with E-state index < -0.39 is 11.7 Å². The molecular weight excluding hydrogens is 230 g/mol. The van der Waals surface area contributed by atoms with Gasteiger partial charge < -0.3 is 10.1 Å². The summed E-state index contributed by atoms with van der Waals surface area (Å²) < 4.78 is 5.19. The first-order valence-electron chi connectivity index (χ1n) is 6.89. The highest BCUT2D eigenvalue weighted by atomic mass is 16.6. The van der Waals surface area contributed by atoms with Crippen molar-refractivity contribution in [3.8, 4) is 0 Å². The Labute approximate surface area is 109 Å². The second-order valence-corrected chi connectivity index (χ2v) is 6.46. The number of fused-ring (bicyclic) bond motifs is 1. The third-order valence-corrected chi connectivity index (χ3v) is 3.73. The van der Waals surface area contributed by atoms with E-state index in [9.17, 15) is 4.79 Å². The minimum absolute atomic E-state index is 0.374. The van der Waals surface area contributed by atoms with E-state index in [1.807, 2.05) is 20.8 Å². The zero-order chi connectivity index (χ0) is 13.2. The van der Waals surface area contributed by atoms with E-state index in [4.69, 9.17) is 4.74 Å². The molecule has 5 nitrogen and oxygen atoms in total. The van der Waals surface area contributed by atoms with Crippen LogP contribution in [0.25, 0.3) is 0 Å². The fourth-order valence-electron chi connectivity index (χ4n) is 2.90. The third-order valence-electron chi connectivity index (χ3n) is 3.73. The largest absolute Gasteiger partial charge is 0.443 e. The lowest BCUT2D eigenvalue weighted by Gasteiger charge is -2.31. The van der Waals surface area contributed by atoms with E-state index in [2.05, 4.69) is 16.2 Å². The SMILES string of the molecule is CC(C)(C)OC(=O)NNC1CCC2CNCC2C1. The fraction of sp³-hybridized carbons (Fsp3) is 0.923. The van der Waals surface area contributed by atoms with Crippen LogP contribution in [0.1, 0.15) is 40.0 Å². The molecule has 3 unspecified atom stereocenters. The molecule has 0 bridgehead atoms. The highest BCUT2D eigenvalue weighted by molar-refractivity contribution is 5.67. The minimum atomic E-state index is -0.446. The van der Waals surface area contributed by atoms with Crippen LogP contribution in [0.2, 0.25) is 0 Å². The molecule has 0 aromatic rings. The van der Waals surface area contributed by atoms with Gasteiger partial charge in [-0.15, -0.1) is 0 Å². The number of amides is 1. The van der Waals surface area contributed by atoms with Gasteiger partial charge in [-0.05, 0) is 65.0 Å². The Morgan fingerprint density at radius 2 is 1.94 bits per heavy atom. The van der Waals surface area contributed by atoms with Crippen molar-refractivity contribution in [2.24, 2.45) is 11.8 Å². The van der Waals surface area contributed by atoms with E-state index >= 15 is 0 Å². The molecule has 5 heteroatoms. The number of carbonyl (C=O) groups is 1. The number of hydrogen-bond acceptors (Lipinski definition) is 4. The Hall–Kier alpha value is -0.810. The summed E-state index contributed by atoms with van der Waals surface area (Å²) in [5.74, 6) is 1.60. The Morgan fingerprint density at radius 3 is 2.67 bits per heavy atom. The molecule has 2 rings (SSSR count). The molecule has 18 heavy (non-hydrogen) atoms. The molecule has 3 atom stereocenters. The molecule has 3 N–H and O–H groups in total. The van der Waals surface area contributed by atoms with Gasteiger partial charge in [0, 0.05) is 6.04 Å².